The van der Waals surface area contributed by atoms with E-state index in [1.54, 1.807) is 7.11 Å². The highest BCUT2D eigenvalue weighted by atomic mass is 16.5. The maximum atomic E-state index is 10.9. The van der Waals surface area contributed by atoms with Crippen molar-refractivity contribution in [2.75, 3.05) is 27.2 Å². The number of nitrogens with zero attached hydrogens (tertiary/aromatic N) is 1. The predicted octanol–water partition coefficient (Wildman–Crippen LogP) is 2.27. The highest BCUT2D eigenvalue weighted by Gasteiger charge is 2.40. The molecule has 0 bridgehead atoms. The smallest absolute Gasteiger partial charge is 0.118 e. The van der Waals surface area contributed by atoms with Crippen LogP contribution in [0.5, 0.6) is 5.75 Å². The van der Waals surface area contributed by atoms with E-state index in [4.69, 9.17) is 4.74 Å². The van der Waals surface area contributed by atoms with Gasteiger partial charge in [0.05, 0.1) is 12.7 Å². The number of benzene rings is 1. The minimum atomic E-state index is -0.543. The van der Waals surface area contributed by atoms with Gasteiger partial charge in [-0.25, -0.2) is 0 Å². The lowest BCUT2D eigenvalue weighted by Gasteiger charge is -2.46. The number of ether oxygens (including phenoxy) is 1. The molecular formula is C18H30N2O2. The minimum absolute atomic E-state index is 0.316. The summed E-state index contributed by atoms with van der Waals surface area (Å²) in [6.07, 6.45) is 1.66. The van der Waals surface area contributed by atoms with Crippen LogP contribution < -0.4 is 10.1 Å². The molecule has 0 amide bonds. The molecule has 0 radical (unpaired) electrons. The Kier molecular flexibility index (Phi) is 5.84. The third kappa shape index (κ3) is 4.22. The molecule has 3 unspecified atom stereocenters. The molecule has 4 nitrogen and oxygen atoms in total. The van der Waals surface area contributed by atoms with Gasteiger partial charge in [0, 0.05) is 19.1 Å². The van der Waals surface area contributed by atoms with E-state index < -0.39 is 5.60 Å². The molecule has 0 spiro atoms. The minimum Gasteiger partial charge on any atom is -0.497 e. The number of nitrogens with one attached hydrogen (secondary N) is 1. The van der Waals surface area contributed by atoms with Gasteiger partial charge >= 0.3 is 0 Å². The predicted molar refractivity (Wildman–Crippen MR) is 90.1 cm³/mol. The van der Waals surface area contributed by atoms with Crippen molar-refractivity contribution in [2.24, 2.45) is 5.92 Å². The zero-order valence-electron chi connectivity index (χ0n) is 14.3. The molecule has 1 aromatic carbocycles. The monoisotopic (exact) mass is 306 g/mol. The average Bonchev–Trinajstić information content (AvgIpc) is 2.50. The number of hydrogen-bond acceptors (Lipinski definition) is 4. The van der Waals surface area contributed by atoms with E-state index >= 15 is 0 Å². The summed E-state index contributed by atoms with van der Waals surface area (Å²) in [4.78, 5) is 2.34. The summed E-state index contributed by atoms with van der Waals surface area (Å²) in [5.74, 6) is 1.20. The van der Waals surface area contributed by atoms with Crippen LogP contribution in [0.4, 0.5) is 0 Å². The van der Waals surface area contributed by atoms with E-state index in [9.17, 15) is 5.11 Å². The first kappa shape index (κ1) is 17.3. The van der Waals surface area contributed by atoms with Gasteiger partial charge in [0.2, 0.25) is 0 Å². The summed E-state index contributed by atoms with van der Waals surface area (Å²) in [7, 11) is 3.82. The van der Waals surface area contributed by atoms with Crippen molar-refractivity contribution in [3.63, 3.8) is 0 Å². The lowest BCUT2D eigenvalue weighted by atomic mass is 9.77. The van der Waals surface area contributed by atoms with Crippen molar-refractivity contribution < 1.29 is 9.84 Å². The standard InChI is InChI=1S/C18H30N2O2/c1-14-13-20(3)15(2)11-18(14,21)9-10-19-12-16-5-7-17(22-4)8-6-16/h5-8,14-15,19,21H,9-13H2,1-4H3. The fourth-order valence-corrected chi connectivity index (χ4v) is 3.28. The molecule has 3 atom stereocenters. The van der Waals surface area contributed by atoms with Gasteiger partial charge in [-0.05, 0) is 57.0 Å². The van der Waals surface area contributed by atoms with Gasteiger partial charge < -0.3 is 20.1 Å². The van der Waals surface area contributed by atoms with Crippen molar-refractivity contribution in [3.05, 3.63) is 29.8 Å². The number of piperidine rings is 1. The van der Waals surface area contributed by atoms with Crippen molar-refractivity contribution in [1.82, 2.24) is 10.2 Å². The number of hydrogen-bond donors (Lipinski definition) is 2. The second-order valence-corrected chi connectivity index (χ2v) is 6.77. The fraction of sp³-hybridized carbons (Fsp3) is 0.667. The van der Waals surface area contributed by atoms with Crippen molar-refractivity contribution >= 4 is 0 Å². The molecule has 1 aliphatic rings. The normalized spacial score (nSPS) is 29.5. The summed E-state index contributed by atoms with van der Waals surface area (Å²) in [6, 6.07) is 8.54. The summed E-state index contributed by atoms with van der Waals surface area (Å²) >= 11 is 0. The quantitative estimate of drug-likeness (QED) is 0.792. The maximum absolute atomic E-state index is 10.9. The SMILES string of the molecule is COc1ccc(CNCCC2(O)CC(C)N(C)CC2C)cc1. The molecule has 1 saturated heterocycles. The van der Waals surface area contributed by atoms with Gasteiger partial charge in [-0.1, -0.05) is 19.1 Å². The summed E-state index contributed by atoms with van der Waals surface area (Å²) < 4.78 is 5.16. The Balaban J connectivity index is 1.77. The van der Waals surface area contributed by atoms with Crippen LogP contribution in [0.3, 0.4) is 0 Å². The van der Waals surface area contributed by atoms with Gasteiger partial charge in [-0.15, -0.1) is 0 Å². The molecule has 2 N–H and O–H groups in total. The molecule has 1 fully saturated rings. The van der Waals surface area contributed by atoms with Crippen LogP contribution in [0, 0.1) is 5.92 Å². The highest BCUT2D eigenvalue weighted by molar-refractivity contribution is 5.26. The lowest BCUT2D eigenvalue weighted by molar-refractivity contribution is -0.0831. The largest absolute Gasteiger partial charge is 0.497 e. The van der Waals surface area contributed by atoms with Gasteiger partial charge in [-0.2, -0.15) is 0 Å². The molecule has 1 aromatic rings. The van der Waals surface area contributed by atoms with E-state index in [0.29, 0.717) is 12.0 Å². The maximum Gasteiger partial charge on any atom is 0.118 e. The molecule has 0 aromatic heterocycles. The van der Waals surface area contributed by atoms with E-state index in [-0.39, 0.29) is 0 Å². The molecule has 4 heteroatoms. The van der Waals surface area contributed by atoms with Crippen molar-refractivity contribution in [1.29, 1.82) is 0 Å². The Morgan fingerprint density at radius 1 is 1.32 bits per heavy atom. The first-order chi connectivity index (χ1) is 10.4. The number of aliphatic hydroxyl groups is 1. The molecule has 0 aliphatic carbocycles. The first-order valence-electron chi connectivity index (χ1n) is 8.21. The molecule has 1 heterocycles. The van der Waals surface area contributed by atoms with Crippen LogP contribution in [0.15, 0.2) is 24.3 Å². The van der Waals surface area contributed by atoms with Crippen LogP contribution in [0.25, 0.3) is 0 Å². The van der Waals surface area contributed by atoms with Gasteiger partial charge in [0.25, 0.3) is 0 Å². The van der Waals surface area contributed by atoms with Gasteiger partial charge in [0.15, 0.2) is 0 Å². The van der Waals surface area contributed by atoms with Crippen molar-refractivity contribution in [2.45, 2.75) is 44.9 Å². The number of likely N-dealkylation sites (tertiary alicyclic amines) is 1. The Labute approximate surface area is 134 Å². The molecule has 22 heavy (non-hydrogen) atoms. The molecule has 124 valence electrons. The van der Waals surface area contributed by atoms with Gasteiger partial charge in [-0.3, -0.25) is 0 Å². The first-order valence-corrected chi connectivity index (χ1v) is 8.21. The molecular weight excluding hydrogens is 276 g/mol. The molecule has 0 saturated carbocycles. The van der Waals surface area contributed by atoms with Crippen LogP contribution in [0.1, 0.15) is 32.3 Å². The van der Waals surface area contributed by atoms with E-state index in [0.717, 1.165) is 38.2 Å². The van der Waals surface area contributed by atoms with Crippen LogP contribution in [-0.4, -0.2) is 48.9 Å². The van der Waals surface area contributed by atoms with E-state index in [2.05, 4.69) is 43.2 Å². The van der Waals surface area contributed by atoms with Crippen LogP contribution >= 0.6 is 0 Å². The Morgan fingerprint density at radius 3 is 2.64 bits per heavy atom. The summed E-state index contributed by atoms with van der Waals surface area (Å²) in [6.45, 7) is 6.98. The molecule has 2 rings (SSSR count). The lowest BCUT2D eigenvalue weighted by Crippen LogP contribution is -2.54. The van der Waals surface area contributed by atoms with E-state index in [1.807, 2.05) is 12.1 Å². The third-order valence-corrected chi connectivity index (χ3v) is 5.10. The second kappa shape index (κ2) is 7.44. The summed E-state index contributed by atoms with van der Waals surface area (Å²) in [5.41, 5.74) is 0.691. The van der Waals surface area contributed by atoms with E-state index in [1.165, 1.54) is 5.56 Å². The fourth-order valence-electron chi connectivity index (χ4n) is 3.28. The third-order valence-electron chi connectivity index (χ3n) is 5.10. The second-order valence-electron chi connectivity index (χ2n) is 6.77. The Bertz CT molecular complexity index is 463. The van der Waals surface area contributed by atoms with Crippen LogP contribution in [-0.2, 0) is 6.54 Å². The number of methoxy groups -OCH3 is 1. The highest BCUT2D eigenvalue weighted by Crippen LogP contribution is 2.33. The van der Waals surface area contributed by atoms with Crippen LogP contribution in [0.2, 0.25) is 0 Å². The number of rotatable bonds is 6. The Morgan fingerprint density at radius 2 is 2.00 bits per heavy atom. The zero-order valence-corrected chi connectivity index (χ0v) is 14.3. The van der Waals surface area contributed by atoms with Gasteiger partial charge in [0.1, 0.15) is 5.75 Å². The topological polar surface area (TPSA) is 44.7 Å². The molecule has 1 aliphatic heterocycles. The summed E-state index contributed by atoms with van der Waals surface area (Å²) in [5, 5.41) is 14.4. The Hall–Kier alpha value is -1.10. The average molecular weight is 306 g/mol. The van der Waals surface area contributed by atoms with Crippen molar-refractivity contribution in [3.8, 4) is 5.75 Å². The zero-order chi connectivity index (χ0) is 16.2.